The molecule has 2 rings (SSSR count). The summed E-state index contributed by atoms with van der Waals surface area (Å²) in [5.41, 5.74) is 1.07. The van der Waals surface area contributed by atoms with Crippen LogP contribution in [-0.4, -0.2) is 15.2 Å². The number of benzene rings is 1. The second-order valence-electron chi connectivity index (χ2n) is 3.70. The Morgan fingerprint density at radius 1 is 1.38 bits per heavy atom. The predicted octanol–water partition coefficient (Wildman–Crippen LogP) is 3.46. The van der Waals surface area contributed by atoms with Crippen molar-refractivity contribution in [2.45, 2.75) is 19.3 Å². The summed E-state index contributed by atoms with van der Waals surface area (Å²) in [7, 11) is 0. The highest BCUT2D eigenvalue weighted by atomic mass is 35.5. The fraction of sp³-hybridized carbons (Fsp3) is 0.273. The minimum atomic E-state index is 0.276. The van der Waals surface area contributed by atoms with Crippen molar-refractivity contribution in [3.8, 4) is 0 Å². The minimum Gasteiger partial charge on any atom is -0.263 e. The minimum absolute atomic E-state index is 0.276. The molecular weight excluding hydrogens is 245 g/mol. The third-order valence-corrected chi connectivity index (χ3v) is 3.02. The Morgan fingerprint density at radius 2 is 2.19 bits per heavy atom. The summed E-state index contributed by atoms with van der Waals surface area (Å²) in [4.78, 5) is 4.09. The first-order chi connectivity index (χ1) is 7.66. The Labute approximate surface area is 104 Å². The molecule has 2 aromatic rings. The van der Waals surface area contributed by atoms with E-state index in [1.54, 1.807) is 6.07 Å². The van der Waals surface area contributed by atoms with Gasteiger partial charge in [0, 0.05) is 16.5 Å². The molecule has 1 unspecified atom stereocenters. The molecule has 0 spiro atoms. The summed E-state index contributed by atoms with van der Waals surface area (Å²) in [5.74, 6) is 1.14. The SMILES string of the molecule is CC(Cc1ncn[nH]1)c1ccc(Cl)cc1Cl. The lowest BCUT2D eigenvalue weighted by Gasteiger charge is -2.12. The molecule has 0 fully saturated rings. The zero-order chi connectivity index (χ0) is 11.5. The zero-order valence-corrected chi connectivity index (χ0v) is 10.3. The average molecular weight is 256 g/mol. The molecule has 1 aromatic heterocycles. The van der Waals surface area contributed by atoms with Crippen molar-refractivity contribution in [1.82, 2.24) is 15.2 Å². The van der Waals surface area contributed by atoms with Crippen LogP contribution in [0, 0.1) is 0 Å². The monoisotopic (exact) mass is 255 g/mol. The average Bonchev–Trinajstić information content (AvgIpc) is 2.70. The molecule has 0 bridgehead atoms. The molecule has 0 saturated carbocycles. The zero-order valence-electron chi connectivity index (χ0n) is 8.74. The van der Waals surface area contributed by atoms with Gasteiger partial charge in [-0.25, -0.2) is 4.98 Å². The molecule has 1 aromatic carbocycles. The van der Waals surface area contributed by atoms with Gasteiger partial charge in [0.2, 0.25) is 0 Å². The van der Waals surface area contributed by atoms with Crippen molar-refractivity contribution < 1.29 is 0 Å². The Balaban J connectivity index is 2.17. The first-order valence-corrected chi connectivity index (χ1v) is 5.71. The summed E-state index contributed by atoms with van der Waals surface area (Å²) >= 11 is 12.0. The summed E-state index contributed by atoms with van der Waals surface area (Å²) in [5, 5.41) is 8.00. The summed E-state index contributed by atoms with van der Waals surface area (Å²) < 4.78 is 0. The number of aromatic amines is 1. The number of nitrogens with zero attached hydrogens (tertiary/aromatic N) is 2. The Morgan fingerprint density at radius 3 is 2.81 bits per heavy atom. The number of rotatable bonds is 3. The molecule has 0 amide bonds. The Kier molecular flexibility index (Phi) is 3.46. The number of hydrogen-bond acceptors (Lipinski definition) is 2. The number of H-pyrrole nitrogens is 1. The van der Waals surface area contributed by atoms with Crippen LogP contribution < -0.4 is 0 Å². The molecule has 1 N–H and O–H groups in total. The van der Waals surface area contributed by atoms with Crippen molar-refractivity contribution in [3.63, 3.8) is 0 Å². The largest absolute Gasteiger partial charge is 0.263 e. The molecule has 1 heterocycles. The topological polar surface area (TPSA) is 41.6 Å². The van der Waals surface area contributed by atoms with E-state index in [1.807, 2.05) is 12.1 Å². The molecule has 0 radical (unpaired) electrons. The Hall–Kier alpha value is -1.06. The molecule has 5 heteroatoms. The molecule has 3 nitrogen and oxygen atoms in total. The van der Waals surface area contributed by atoms with Gasteiger partial charge in [0.1, 0.15) is 12.2 Å². The van der Waals surface area contributed by atoms with Crippen LogP contribution in [0.3, 0.4) is 0 Å². The molecule has 0 aliphatic carbocycles. The second-order valence-corrected chi connectivity index (χ2v) is 4.55. The lowest BCUT2D eigenvalue weighted by molar-refractivity contribution is 0.721. The summed E-state index contributed by atoms with van der Waals surface area (Å²) in [6.07, 6.45) is 2.28. The normalized spacial score (nSPS) is 12.7. The van der Waals surface area contributed by atoms with Gasteiger partial charge in [0.05, 0.1) is 0 Å². The maximum atomic E-state index is 6.13. The van der Waals surface area contributed by atoms with E-state index in [0.29, 0.717) is 10.0 Å². The number of hydrogen-bond donors (Lipinski definition) is 1. The first kappa shape index (κ1) is 11.4. The fourth-order valence-corrected chi connectivity index (χ4v) is 2.23. The first-order valence-electron chi connectivity index (χ1n) is 4.96. The maximum Gasteiger partial charge on any atom is 0.137 e. The van der Waals surface area contributed by atoms with E-state index < -0.39 is 0 Å². The van der Waals surface area contributed by atoms with Crippen LogP contribution in [0.4, 0.5) is 0 Å². The third kappa shape index (κ3) is 2.54. The number of halogens is 2. The lowest BCUT2D eigenvalue weighted by Crippen LogP contribution is -2.01. The van der Waals surface area contributed by atoms with Crippen LogP contribution in [0.25, 0.3) is 0 Å². The third-order valence-electron chi connectivity index (χ3n) is 2.46. The highest BCUT2D eigenvalue weighted by molar-refractivity contribution is 6.35. The highest BCUT2D eigenvalue weighted by Crippen LogP contribution is 2.28. The molecule has 0 aliphatic rings. The second kappa shape index (κ2) is 4.85. The molecule has 0 saturated heterocycles. The van der Waals surface area contributed by atoms with Crippen molar-refractivity contribution in [2.24, 2.45) is 0 Å². The van der Waals surface area contributed by atoms with E-state index in [4.69, 9.17) is 23.2 Å². The van der Waals surface area contributed by atoms with E-state index >= 15 is 0 Å². The van der Waals surface area contributed by atoms with E-state index in [1.165, 1.54) is 6.33 Å². The van der Waals surface area contributed by atoms with Crippen LogP contribution in [0.5, 0.6) is 0 Å². The van der Waals surface area contributed by atoms with Crippen LogP contribution in [0.2, 0.25) is 10.0 Å². The number of nitrogens with one attached hydrogen (secondary N) is 1. The van der Waals surface area contributed by atoms with Gasteiger partial charge in [-0.05, 0) is 23.6 Å². The smallest absolute Gasteiger partial charge is 0.137 e. The van der Waals surface area contributed by atoms with Gasteiger partial charge in [-0.3, -0.25) is 5.10 Å². The van der Waals surface area contributed by atoms with Crippen molar-refractivity contribution >= 4 is 23.2 Å². The van der Waals surface area contributed by atoms with Gasteiger partial charge in [-0.2, -0.15) is 5.10 Å². The van der Waals surface area contributed by atoms with Crippen molar-refractivity contribution in [1.29, 1.82) is 0 Å². The molecule has 0 aliphatic heterocycles. The summed E-state index contributed by atoms with van der Waals surface area (Å²) in [6, 6.07) is 5.56. The van der Waals surface area contributed by atoms with Gasteiger partial charge in [0.25, 0.3) is 0 Å². The van der Waals surface area contributed by atoms with Crippen molar-refractivity contribution in [3.05, 3.63) is 46.0 Å². The molecular formula is C11H11Cl2N3. The predicted molar refractivity (Wildman–Crippen MR) is 65.0 cm³/mol. The quantitative estimate of drug-likeness (QED) is 0.913. The Bertz CT molecular complexity index is 468. The standard InChI is InChI=1S/C11H11Cl2N3/c1-7(4-11-14-6-15-16-11)9-3-2-8(12)5-10(9)13/h2-3,5-7H,4H2,1H3,(H,14,15,16). The van der Waals surface area contributed by atoms with E-state index in [2.05, 4.69) is 22.1 Å². The van der Waals surface area contributed by atoms with Gasteiger partial charge < -0.3 is 0 Å². The van der Waals surface area contributed by atoms with Crippen LogP contribution in [0.15, 0.2) is 24.5 Å². The van der Waals surface area contributed by atoms with Crippen molar-refractivity contribution in [2.75, 3.05) is 0 Å². The van der Waals surface area contributed by atoms with Crippen LogP contribution in [0.1, 0.15) is 24.2 Å². The molecule has 1 atom stereocenters. The summed E-state index contributed by atoms with van der Waals surface area (Å²) in [6.45, 7) is 2.09. The molecule has 84 valence electrons. The van der Waals surface area contributed by atoms with Gasteiger partial charge in [-0.1, -0.05) is 36.2 Å². The van der Waals surface area contributed by atoms with E-state index in [9.17, 15) is 0 Å². The lowest BCUT2D eigenvalue weighted by atomic mass is 9.97. The fourth-order valence-electron chi connectivity index (χ4n) is 1.63. The van der Waals surface area contributed by atoms with Crippen LogP contribution in [-0.2, 0) is 6.42 Å². The highest BCUT2D eigenvalue weighted by Gasteiger charge is 2.12. The van der Waals surface area contributed by atoms with Gasteiger partial charge in [-0.15, -0.1) is 0 Å². The van der Waals surface area contributed by atoms with E-state index in [-0.39, 0.29) is 5.92 Å². The number of aromatic nitrogens is 3. The maximum absolute atomic E-state index is 6.13. The van der Waals surface area contributed by atoms with Gasteiger partial charge in [0.15, 0.2) is 0 Å². The molecule has 16 heavy (non-hydrogen) atoms. The van der Waals surface area contributed by atoms with Crippen LogP contribution >= 0.6 is 23.2 Å². The van der Waals surface area contributed by atoms with E-state index in [0.717, 1.165) is 17.8 Å². The van der Waals surface area contributed by atoms with Gasteiger partial charge >= 0.3 is 0 Å².